The summed E-state index contributed by atoms with van der Waals surface area (Å²) in [7, 11) is 1.25. The Morgan fingerprint density at radius 3 is 2.46 bits per heavy atom. The fourth-order valence-corrected chi connectivity index (χ4v) is 3.37. The maximum atomic E-state index is 12.6. The average Bonchev–Trinajstić information content (AvgIpc) is 3.25. The molecule has 0 spiro atoms. The molecule has 2 heterocycles. The van der Waals surface area contributed by atoms with Crippen molar-refractivity contribution in [1.29, 1.82) is 5.26 Å². The molecule has 7 heteroatoms. The highest BCUT2D eigenvalue weighted by atomic mass is 16.5. The van der Waals surface area contributed by atoms with Gasteiger partial charge in [-0.1, -0.05) is 18.2 Å². The Morgan fingerprint density at radius 2 is 1.82 bits per heavy atom. The summed E-state index contributed by atoms with van der Waals surface area (Å²) in [5, 5.41) is 9.22. The van der Waals surface area contributed by atoms with Crippen LogP contribution >= 0.6 is 0 Å². The molecular formula is C21H16N4O3. The lowest BCUT2D eigenvalue weighted by Crippen LogP contribution is -2.22. The van der Waals surface area contributed by atoms with E-state index in [9.17, 15) is 14.9 Å². The topological polar surface area (TPSA) is 101 Å². The van der Waals surface area contributed by atoms with Crippen LogP contribution in [0.1, 0.15) is 32.0 Å². The van der Waals surface area contributed by atoms with E-state index in [1.165, 1.54) is 17.9 Å². The van der Waals surface area contributed by atoms with Crippen molar-refractivity contribution in [2.75, 3.05) is 17.7 Å². The highest BCUT2D eigenvalue weighted by Gasteiger charge is 2.28. The van der Waals surface area contributed by atoms with Crippen LogP contribution in [0, 0.1) is 11.3 Å². The van der Waals surface area contributed by atoms with Crippen molar-refractivity contribution in [2.45, 2.75) is 6.54 Å². The number of nitrogens with zero attached hydrogens (tertiary/aromatic N) is 3. The van der Waals surface area contributed by atoms with Crippen LogP contribution < -0.4 is 10.6 Å². The smallest absolute Gasteiger partial charge is 0.357 e. The van der Waals surface area contributed by atoms with Crippen LogP contribution in [-0.2, 0) is 11.3 Å². The third-order valence-electron chi connectivity index (χ3n) is 4.80. The zero-order valence-electron chi connectivity index (χ0n) is 15.0. The van der Waals surface area contributed by atoms with Gasteiger partial charge >= 0.3 is 5.97 Å². The van der Waals surface area contributed by atoms with Gasteiger partial charge in [-0.2, -0.15) is 5.26 Å². The van der Waals surface area contributed by atoms with Gasteiger partial charge in [0.1, 0.15) is 6.07 Å². The molecule has 1 aliphatic rings. The molecule has 0 bridgehead atoms. The number of carbonyl (C=O) groups excluding carboxylic acids is 2. The number of nitriles is 1. The Morgan fingerprint density at radius 1 is 1.14 bits per heavy atom. The first-order valence-corrected chi connectivity index (χ1v) is 8.54. The second kappa shape index (κ2) is 6.59. The summed E-state index contributed by atoms with van der Waals surface area (Å²) < 4.78 is 6.31. The summed E-state index contributed by atoms with van der Waals surface area (Å²) in [6.07, 6.45) is 1.49. The largest absolute Gasteiger partial charge is 0.464 e. The van der Waals surface area contributed by atoms with Crippen molar-refractivity contribution in [3.63, 3.8) is 0 Å². The molecule has 0 atom stereocenters. The van der Waals surface area contributed by atoms with Crippen LogP contribution in [0.15, 0.2) is 54.7 Å². The minimum atomic E-state index is -0.631. The van der Waals surface area contributed by atoms with E-state index in [-0.39, 0.29) is 22.9 Å². The Bertz CT molecular complexity index is 1140. The molecule has 0 saturated heterocycles. The molecule has 0 aliphatic carbocycles. The van der Waals surface area contributed by atoms with Gasteiger partial charge in [-0.15, -0.1) is 0 Å². The third kappa shape index (κ3) is 2.59. The van der Waals surface area contributed by atoms with Crippen LogP contribution in [0.4, 0.5) is 11.4 Å². The SMILES string of the molecule is COC(=O)c1c(N)c(C#N)cn1-c1ccc(N2Cc3ccccc3C2=O)cc1. The lowest BCUT2D eigenvalue weighted by molar-refractivity contribution is 0.0593. The molecule has 3 aromatic rings. The molecule has 1 aliphatic heterocycles. The number of esters is 1. The quantitative estimate of drug-likeness (QED) is 0.713. The van der Waals surface area contributed by atoms with Gasteiger partial charge in [0.2, 0.25) is 0 Å². The van der Waals surface area contributed by atoms with E-state index in [1.54, 1.807) is 29.2 Å². The van der Waals surface area contributed by atoms with E-state index in [4.69, 9.17) is 10.5 Å². The van der Waals surface area contributed by atoms with E-state index in [0.717, 1.165) is 11.3 Å². The molecule has 138 valence electrons. The number of nitrogens with two attached hydrogens (primary N) is 1. The maximum absolute atomic E-state index is 12.6. The second-order valence-corrected chi connectivity index (χ2v) is 6.34. The van der Waals surface area contributed by atoms with Gasteiger partial charge in [0.15, 0.2) is 5.69 Å². The van der Waals surface area contributed by atoms with E-state index < -0.39 is 5.97 Å². The van der Waals surface area contributed by atoms with Crippen LogP contribution in [0.3, 0.4) is 0 Å². The van der Waals surface area contributed by atoms with Gasteiger partial charge in [0, 0.05) is 23.1 Å². The molecule has 0 fully saturated rings. The van der Waals surface area contributed by atoms with Crippen molar-refractivity contribution in [3.05, 3.63) is 77.1 Å². The summed E-state index contributed by atoms with van der Waals surface area (Å²) in [5.41, 5.74) is 9.34. The molecule has 4 rings (SSSR count). The fraction of sp³-hybridized carbons (Fsp3) is 0.0952. The summed E-state index contributed by atoms with van der Waals surface area (Å²) >= 11 is 0. The van der Waals surface area contributed by atoms with Gasteiger partial charge in [0.05, 0.1) is 24.9 Å². The van der Waals surface area contributed by atoms with Crippen LogP contribution in [0.2, 0.25) is 0 Å². The number of methoxy groups -OCH3 is 1. The third-order valence-corrected chi connectivity index (χ3v) is 4.80. The number of ether oxygens (including phenoxy) is 1. The summed E-state index contributed by atoms with van der Waals surface area (Å²) in [6.45, 7) is 0.511. The first-order chi connectivity index (χ1) is 13.5. The summed E-state index contributed by atoms with van der Waals surface area (Å²) in [5.74, 6) is -0.677. The van der Waals surface area contributed by atoms with Crippen molar-refractivity contribution in [2.24, 2.45) is 0 Å². The van der Waals surface area contributed by atoms with Gasteiger partial charge in [-0.3, -0.25) is 4.79 Å². The van der Waals surface area contributed by atoms with E-state index in [0.29, 0.717) is 17.8 Å². The number of rotatable bonds is 3. The highest BCUT2D eigenvalue weighted by molar-refractivity contribution is 6.10. The first-order valence-electron chi connectivity index (χ1n) is 8.54. The number of benzene rings is 2. The zero-order chi connectivity index (χ0) is 19.8. The lowest BCUT2D eigenvalue weighted by atomic mass is 10.1. The molecule has 2 N–H and O–H groups in total. The molecule has 0 radical (unpaired) electrons. The lowest BCUT2D eigenvalue weighted by Gasteiger charge is -2.17. The van der Waals surface area contributed by atoms with Gasteiger partial charge in [-0.05, 0) is 35.9 Å². The number of amides is 1. The number of fused-ring (bicyclic) bond motifs is 1. The van der Waals surface area contributed by atoms with Crippen molar-refractivity contribution in [3.8, 4) is 11.8 Å². The first kappa shape index (κ1) is 17.4. The van der Waals surface area contributed by atoms with Crippen molar-refractivity contribution >= 4 is 23.3 Å². The molecule has 28 heavy (non-hydrogen) atoms. The predicted molar refractivity (Wildman–Crippen MR) is 103 cm³/mol. The molecule has 7 nitrogen and oxygen atoms in total. The zero-order valence-corrected chi connectivity index (χ0v) is 15.0. The molecule has 1 amide bonds. The molecule has 1 aromatic heterocycles. The number of hydrogen-bond donors (Lipinski definition) is 1. The van der Waals surface area contributed by atoms with Gasteiger partial charge < -0.3 is 19.9 Å². The van der Waals surface area contributed by atoms with Crippen molar-refractivity contribution in [1.82, 2.24) is 4.57 Å². The molecule has 0 saturated carbocycles. The molecule has 0 unspecified atom stereocenters. The normalized spacial score (nSPS) is 12.6. The van der Waals surface area contributed by atoms with Crippen molar-refractivity contribution < 1.29 is 14.3 Å². The van der Waals surface area contributed by atoms with Crippen LogP contribution in [0.25, 0.3) is 5.69 Å². The Balaban J connectivity index is 1.70. The van der Waals surface area contributed by atoms with E-state index in [1.807, 2.05) is 30.3 Å². The van der Waals surface area contributed by atoms with E-state index >= 15 is 0 Å². The average molecular weight is 372 g/mol. The monoisotopic (exact) mass is 372 g/mol. The number of nitrogen functional groups attached to an aromatic ring is 1. The predicted octanol–water partition coefficient (Wildman–Crippen LogP) is 2.88. The Kier molecular flexibility index (Phi) is 4.09. The Hall–Kier alpha value is -4.05. The number of anilines is 2. The number of carbonyl (C=O) groups is 2. The van der Waals surface area contributed by atoms with Gasteiger partial charge in [-0.25, -0.2) is 4.79 Å². The maximum Gasteiger partial charge on any atom is 0.357 e. The summed E-state index contributed by atoms with van der Waals surface area (Å²) in [6, 6.07) is 16.6. The number of aromatic nitrogens is 1. The fourth-order valence-electron chi connectivity index (χ4n) is 3.37. The van der Waals surface area contributed by atoms with Gasteiger partial charge in [0.25, 0.3) is 5.91 Å². The highest BCUT2D eigenvalue weighted by Crippen LogP contribution is 2.30. The Labute approximate surface area is 161 Å². The van der Waals surface area contributed by atoms with E-state index in [2.05, 4.69) is 0 Å². The van der Waals surface area contributed by atoms with Crippen LogP contribution in [-0.4, -0.2) is 23.6 Å². The standard InChI is InChI=1S/C21H16N4O3/c1-28-21(27)19-18(23)14(10-22)12-24(19)15-6-8-16(9-7-15)25-11-13-4-2-3-5-17(13)20(25)26/h2-9,12H,11,23H2,1H3. The molecule has 2 aromatic carbocycles. The molecular weight excluding hydrogens is 356 g/mol. The summed E-state index contributed by atoms with van der Waals surface area (Å²) in [4.78, 5) is 26.4. The minimum absolute atomic E-state index is 0.0458. The second-order valence-electron chi connectivity index (χ2n) is 6.34. The van der Waals surface area contributed by atoms with Crippen LogP contribution in [0.5, 0.6) is 0 Å². The number of hydrogen-bond acceptors (Lipinski definition) is 5. The minimum Gasteiger partial charge on any atom is -0.464 e.